The van der Waals surface area contributed by atoms with Crippen molar-refractivity contribution < 1.29 is 13.0 Å². The van der Waals surface area contributed by atoms with E-state index in [1.54, 1.807) is 36.7 Å². The van der Waals surface area contributed by atoms with Crippen molar-refractivity contribution in [1.29, 1.82) is 0 Å². The molecule has 3 aromatic carbocycles. The average Bonchev–Trinajstić information content (AvgIpc) is 2.82. The Balaban J connectivity index is 1.67. The van der Waals surface area contributed by atoms with Crippen LogP contribution in [0.25, 0.3) is 21.9 Å². The van der Waals surface area contributed by atoms with Crippen molar-refractivity contribution >= 4 is 38.0 Å². The fourth-order valence-electron chi connectivity index (χ4n) is 3.64. The van der Waals surface area contributed by atoms with Crippen molar-refractivity contribution in [3.8, 4) is 11.1 Å². The molecule has 0 saturated carbocycles. The lowest BCUT2D eigenvalue weighted by atomic mass is 10.0. The molecule has 0 radical (unpaired) electrons. The largest absolute Gasteiger partial charge is 0.396 e. The van der Waals surface area contributed by atoms with Crippen LogP contribution in [0.4, 0.5) is 17.1 Å². The van der Waals surface area contributed by atoms with Gasteiger partial charge in [-0.25, -0.2) is 0 Å². The number of aryl methyl sites for hydroxylation is 1. The molecule has 0 atom stereocenters. The third-order valence-corrected chi connectivity index (χ3v) is 6.30. The standard InChI is InChI=1S/C25H24N4O3S/c1-2-3-6-17-9-11-18(12-10-17)19-13-20(16-27-15-19)28-29-23-14-24(33(30,31)32)21-7-4-5-8-22(21)25(23)26/h4-5,7-16H,2-3,6,26H2,1H3,(H,30,31,32). The zero-order chi connectivity index (χ0) is 23.4. The molecular formula is C25H24N4O3S. The molecule has 0 aliphatic carbocycles. The number of azo groups is 1. The highest BCUT2D eigenvalue weighted by atomic mass is 32.2. The van der Waals surface area contributed by atoms with Crippen LogP contribution >= 0.6 is 0 Å². The second kappa shape index (κ2) is 9.48. The Hall–Kier alpha value is -3.62. The van der Waals surface area contributed by atoms with Crippen LogP contribution in [-0.4, -0.2) is 18.0 Å². The second-order valence-electron chi connectivity index (χ2n) is 7.76. The third kappa shape index (κ3) is 5.08. The predicted octanol–water partition coefficient (Wildman–Crippen LogP) is 6.49. The van der Waals surface area contributed by atoms with Gasteiger partial charge in [0.1, 0.15) is 16.3 Å². The maximum atomic E-state index is 11.9. The van der Waals surface area contributed by atoms with Crippen molar-refractivity contribution in [2.24, 2.45) is 10.2 Å². The SMILES string of the molecule is CCCCc1ccc(-c2cncc(N=Nc3cc(S(=O)(=O)O)c4ccccc4c3N)c2)cc1. The van der Waals surface area contributed by atoms with E-state index in [4.69, 9.17) is 5.73 Å². The molecule has 1 aromatic heterocycles. The van der Waals surface area contributed by atoms with Crippen molar-refractivity contribution in [3.63, 3.8) is 0 Å². The number of hydrogen-bond donors (Lipinski definition) is 2. The molecule has 7 nitrogen and oxygen atoms in total. The first kappa shape index (κ1) is 22.6. The molecule has 3 N–H and O–H groups in total. The Morgan fingerprint density at radius 2 is 1.67 bits per heavy atom. The minimum atomic E-state index is -4.47. The van der Waals surface area contributed by atoms with Crippen LogP contribution in [0, 0.1) is 0 Å². The summed E-state index contributed by atoms with van der Waals surface area (Å²) >= 11 is 0. The average molecular weight is 461 g/mol. The van der Waals surface area contributed by atoms with Gasteiger partial charge in [0.25, 0.3) is 10.1 Å². The van der Waals surface area contributed by atoms with Crippen LogP contribution in [0.1, 0.15) is 25.3 Å². The number of nitrogen functional groups attached to an aromatic ring is 1. The number of unbranched alkanes of at least 4 members (excludes halogenated alkanes) is 1. The Morgan fingerprint density at radius 3 is 2.36 bits per heavy atom. The van der Waals surface area contributed by atoms with E-state index in [-0.39, 0.29) is 16.3 Å². The van der Waals surface area contributed by atoms with E-state index in [9.17, 15) is 13.0 Å². The van der Waals surface area contributed by atoms with Crippen LogP contribution in [-0.2, 0) is 16.5 Å². The van der Waals surface area contributed by atoms with E-state index in [2.05, 4.69) is 46.4 Å². The highest BCUT2D eigenvalue weighted by Crippen LogP contribution is 2.37. The number of rotatable bonds is 7. The summed E-state index contributed by atoms with van der Waals surface area (Å²) in [6, 6.07) is 18.1. The van der Waals surface area contributed by atoms with E-state index in [0.717, 1.165) is 30.4 Å². The van der Waals surface area contributed by atoms with Gasteiger partial charge in [0.15, 0.2) is 0 Å². The summed E-state index contributed by atoms with van der Waals surface area (Å²) in [5.41, 5.74) is 10.3. The Kier molecular flexibility index (Phi) is 6.48. The molecule has 8 heteroatoms. The maximum Gasteiger partial charge on any atom is 0.295 e. The van der Waals surface area contributed by atoms with Crippen LogP contribution in [0.5, 0.6) is 0 Å². The fraction of sp³-hybridized carbons (Fsp3) is 0.160. The quantitative estimate of drug-likeness (QED) is 0.186. The Morgan fingerprint density at radius 1 is 0.939 bits per heavy atom. The van der Waals surface area contributed by atoms with Crippen molar-refractivity contribution in [2.75, 3.05) is 5.73 Å². The number of benzene rings is 3. The summed E-state index contributed by atoms with van der Waals surface area (Å²) in [6.45, 7) is 2.18. The molecule has 0 unspecified atom stereocenters. The minimum Gasteiger partial charge on any atom is -0.396 e. The van der Waals surface area contributed by atoms with E-state index in [1.165, 1.54) is 11.6 Å². The molecule has 4 rings (SSSR count). The van der Waals surface area contributed by atoms with E-state index < -0.39 is 10.1 Å². The maximum absolute atomic E-state index is 11.9. The van der Waals surface area contributed by atoms with Gasteiger partial charge in [0, 0.05) is 22.5 Å². The van der Waals surface area contributed by atoms with Crippen molar-refractivity contribution in [3.05, 3.63) is 78.6 Å². The Bertz CT molecular complexity index is 1430. The fourth-order valence-corrected chi connectivity index (χ4v) is 4.36. The number of pyridine rings is 1. The lowest BCUT2D eigenvalue weighted by molar-refractivity contribution is 0.484. The molecular weight excluding hydrogens is 436 g/mol. The van der Waals surface area contributed by atoms with Gasteiger partial charge >= 0.3 is 0 Å². The number of fused-ring (bicyclic) bond motifs is 1. The summed E-state index contributed by atoms with van der Waals surface area (Å²) in [7, 11) is -4.47. The number of anilines is 1. The van der Waals surface area contributed by atoms with Gasteiger partial charge in [-0.3, -0.25) is 9.54 Å². The van der Waals surface area contributed by atoms with E-state index >= 15 is 0 Å². The van der Waals surface area contributed by atoms with Gasteiger partial charge in [0.05, 0.1) is 11.9 Å². The van der Waals surface area contributed by atoms with E-state index in [0.29, 0.717) is 16.5 Å². The monoisotopic (exact) mass is 460 g/mol. The first-order chi connectivity index (χ1) is 15.9. The smallest absolute Gasteiger partial charge is 0.295 e. The molecule has 1 heterocycles. The topological polar surface area (TPSA) is 118 Å². The molecule has 0 amide bonds. The number of hydrogen-bond acceptors (Lipinski definition) is 6. The van der Waals surface area contributed by atoms with Crippen molar-refractivity contribution in [1.82, 2.24) is 4.98 Å². The molecule has 4 aromatic rings. The van der Waals surface area contributed by atoms with Gasteiger partial charge in [-0.05, 0) is 36.1 Å². The van der Waals surface area contributed by atoms with Crippen LogP contribution < -0.4 is 5.73 Å². The lowest BCUT2D eigenvalue weighted by Crippen LogP contribution is -2.01. The molecule has 0 saturated heterocycles. The normalized spacial score (nSPS) is 11.9. The molecule has 0 bridgehead atoms. The van der Waals surface area contributed by atoms with Gasteiger partial charge in [-0.2, -0.15) is 8.42 Å². The minimum absolute atomic E-state index is 0.145. The zero-order valence-corrected chi connectivity index (χ0v) is 19.0. The Labute approximate surface area is 192 Å². The first-order valence-corrected chi connectivity index (χ1v) is 12.1. The summed E-state index contributed by atoms with van der Waals surface area (Å²) in [4.78, 5) is 3.99. The molecule has 0 aliphatic heterocycles. The second-order valence-corrected chi connectivity index (χ2v) is 9.15. The summed E-state index contributed by atoms with van der Waals surface area (Å²) in [6.07, 6.45) is 6.69. The van der Waals surface area contributed by atoms with Crippen LogP contribution in [0.2, 0.25) is 0 Å². The first-order valence-electron chi connectivity index (χ1n) is 10.6. The highest BCUT2D eigenvalue weighted by Gasteiger charge is 2.18. The van der Waals surface area contributed by atoms with E-state index in [1.807, 2.05) is 6.07 Å². The van der Waals surface area contributed by atoms with Gasteiger partial charge in [-0.1, -0.05) is 61.9 Å². The van der Waals surface area contributed by atoms with Gasteiger partial charge < -0.3 is 5.73 Å². The number of aromatic nitrogens is 1. The predicted molar refractivity (Wildman–Crippen MR) is 131 cm³/mol. The van der Waals surface area contributed by atoms with Crippen LogP contribution in [0.15, 0.2) is 88.2 Å². The molecule has 0 fully saturated rings. The lowest BCUT2D eigenvalue weighted by Gasteiger charge is -2.09. The zero-order valence-electron chi connectivity index (χ0n) is 18.1. The van der Waals surface area contributed by atoms with Crippen molar-refractivity contribution in [2.45, 2.75) is 31.1 Å². The molecule has 168 valence electrons. The van der Waals surface area contributed by atoms with Crippen LogP contribution in [0.3, 0.4) is 0 Å². The summed E-state index contributed by atoms with van der Waals surface area (Å²) in [5, 5.41) is 9.18. The molecule has 0 aliphatic rings. The van der Waals surface area contributed by atoms with Gasteiger partial charge in [0.2, 0.25) is 0 Å². The summed E-state index contributed by atoms with van der Waals surface area (Å²) < 4.78 is 33.5. The number of nitrogens with zero attached hydrogens (tertiary/aromatic N) is 3. The third-order valence-electron chi connectivity index (χ3n) is 5.41. The van der Waals surface area contributed by atoms with Gasteiger partial charge in [-0.15, -0.1) is 10.2 Å². The molecule has 0 spiro atoms. The highest BCUT2D eigenvalue weighted by molar-refractivity contribution is 7.86. The number of nitrogens with two attached hydrogens (primary N) is 1. The molecule has 33 heavy (non-hydrogen) atoms. The summed E-state index contributed by atoms with van der Waals surface area (Å²) in [5.74, 6) is 0.